The summed E-state index contributed by atoms with van der Waals surface area (Å²) >= 11 is 0. The van der Waals surface area contributed by atoms with Gasteiger partial charge in [0.25, 0.3) is 0 Å². The van der Waals surface area contributed by atoms with E-state index in [1.165, 1.54) is 30.3 Å². The first kappa shape index (κ1) is 13.1. The molecule has 2 aromatic rings. The fourth-order valence-corrected chi connectivity index (χ4v) is 1.70. The third-order valence-electron chi connectivity index (χ3n) is 2.68. The van der Waals surface area contributed by atoms with Crippen LogP contribution < -0.4 is 0 Å². The molecule has 2 nitrogen and oxygen atoms in total. The molecule has 2 aromatic carbocycles. The van der Waals surface area contributed by atoms with Gasteiger partial charge in [0.2, 0.25) is 0 Å². The third-order valence-corrected chi connectivity index (χ3v) is 2.68. The highest BCUT2D eigenvalue weighted by Gasteiger charge is 2.30. The summed E-state index contributed by atoms with van der Waals surface area (Å²) in [5, 5.41) is 9.67. The molecule has 0 heterocycles. The first-order valence-corrected chi connectivity index (χ1v) is 5.37. The van der Waals surface area contributed by atoms with Crippen LogP contribution in [0.3, 0.4) is 0 Å². The van der Waals surface area contributed by atoms with Gasteiger partial charge in [-0.2, -0.15) is 13.2 Å². The van der Waals surface area contributed by atoms with Crippen LogP contribution >= 0.6 is 0 Å². The Balaban J connectivity index is 2.45. The molecule has 98 valence electrons. The van der Waals surface area contributed by atoms with Gasteiger partial charge in [-0.25, -0.2) is 0 Å². The number of aldehydes is 1. The Bertz CT molecular complexity index is 601. The number of hydrogen-bond donors (Lipinski definition) is 1. The molecule has 1 N–H and O–H groups in total. The molecule has 19 heavy (non-hydrogen) atoms. The SMILES string of the molecule is O=Cc1ccc(O)c(-c2ccc(C(F)(F)F)cc2)c1. The number of aromatic hydroxyl groups is 1. The number of benzene rings is 2. The highest BCUT2D eigenvalue weighted by molar-refractivity contribution is 5.81. The molecule has 0 atom stereocenters. The zero-order chi connectivity index (χ0) is 14.0. The van der Waals surface area contributed by atoms with E-state index < -0.39 is 11.7 Å². The molecule has 0 saturated heterocycles. The smallest absolute Gasteiger partial charge is 0.416 e. The highest BCUT2D eigenvalue weighted by atomic mass is 19.4. The third kappa shape index (κ3) is 2.76. The van der Waals surface area contributed by atoms with Crippen LogP contribution in [0, 0.1) is 0 Å². The maximum atomic E-state index is 12.4. The molecule has 0 aliphatic carbocycles. The molecule has 2 rings (SSSR count). The molecule has 0 spiro atoms. The van der Waals surface area contributed by atoms with Gasteiger partial charge in [0.1, 0.15) is 12.0 Å². The Hall–Kier alpha value is -2.30. The Morgan fingerprint density at radius 3 is 2.16 bits per heavy atom. The maximum absolute atomic E-state index is 12.4. The minimum absolute atomic E-state index is 0.0923. The van der Waals surface area contributed by atoms with Crippen LogP contribution in [-0.2, 0) is 6.18 Å². The van der Waals surface area contributed by atoms with Crippen molar-refractivity contribution in [3.05, 3.63) is 53.6 Å². The Morgan fingerprint density at radius 1 is 1.00 bits per heavy atom. The van der Waals surface area contributed by atoms with E-state index in [2.05, 4.69) is 0 Å². The van der Waals surface area contributed by atoms with Crippen LogP contribution in [0.1, 0.15) is 15.9 Å². The number of carbonyl (C=O) groups excluding carboxylic acids is 1. The van der Waals surface area contributed by atoms with Crippen molar-refractivity contribution >= 4 is 6.29 Å². The largest absolute Gasteiger partial charge is 0.507 e. The van der Waals surface area contributed by atoms with Gasteiger partial charge in [0.15, 0.2) is 0 Å². The summed E-state index contributed by atoms with van der Waals surface area (Å²) < 4.78 is 37.3. The van der Waals surface area contributed by atoms with E-state index in [1.54, 1.807) is 0 Å². The molecule has 0 radical (unpaired) electrons. The van der Waals surface area contributed by atoms with E-state index in [0.29, 0.717) is 23.0 Å². The Labute approximate surface area is 107 Å². The molecule has 0 saturated carbocycles. The van der Waals surface area contributed by atoms with E-state index in [4.69, 9.17) is 0 Å². The van der Waals surface area contributed by atoms with Gasteiger partial charge in [-0.05, 0) is 35.9 Å². The summed E-state index contributed by atoms with van der Waals surface area (Å²) in [6.45, 7) is 0. The average Bonchev–Trinajstić information content (AvgIpc) is 2.38. The van der Waals surface area contributed by atoms with E-state index in [1.807, 2.05) is 0 Å². The van der Waals surface area contributed by atoms with Crippen LogP contribution in [0.5, 0.6) is 5.75 Å². The quantitative estimate of drug-likeness (QED) is 0.837. The number of rotatable bonds is 2. The highest BCUT2D eigenvalue weighted by Crippen LogP contribution is 2.33. The second kappa shape index (κ2) is 4.76. The monoisotopic (exact) mass is 266 g/mol. The van der Waals surface area contributed by atoms with Crippen molar-refractivity contribution in [2.75, 3.05) is 0 Å². The molecule has 5 heteroatoms. The molecule has 0 aliphatic heterocycles. The minimum atomic E-state index is -4.40. The fourth-order valence-electron chi connectivity index (χ4n) is 1.70. The summed E-state index contributed by atoms with van der Waals surface area (Å²) in [4.78, 5) is 10.7. The summed E-state index contributed by atoms with van der Waals surface area (Å²) in [5.41, 5.74) is 0.308. The first-order valence-electron chi connectivity index (χ1n) is 5.37. The molecule has 0 bridgehead atoms. The molecule has 0 aliphatic rings. The molecular weight excluding hydrogens is 257 g/mol. The van der Waals surface area contributed by atoms with Gasteiger partial charge >= 0.3 is 6.18 Å². The normalized spacial score (nSPS) is 11.3. The zero-order valence-electron chi connectivity index (χ0n) is 9.61. The van der Waals surface area contributed by atoms with Crippen LogP contribution in [0.15, 0.2) is 42.5 Å². The topological polar surface area (TPSA) is 37.3 Å². The lowest BCUT2D eigenvalue weighted by molar-refractivity contribution is -0.137. The molecule has 0 amide bonds. The number of carbonyl (C=O) groups is 1. The second-order valence-corrected chi connectivity index (χ2v) is 3.97. The number of phenolic OH excluding ortho intramolecular Hbond substituents is 1. The standard InChI is InChI=1S/C14H9F3O2/c15-14(16,17)11-4-2-10(3-5-11)12-7-9(8-18)1-6-13(12)19/h1-8,19H. The minimum Gasteiger partial charge on any atom is -0.507 e. The van der Waals surface area contributed by atoms with Crippen LogP contribution in [-0.4, -0.2) is 11.4 Å². The predicted molar refractivity (Wildman–Crippen MR) is 63.9 cm³/mol. The van der Waals surface area contributed by atoms with Crippen molar-refractivity contribution in [2.45, 2.75) is 6.18 Å². The fraction of sp³-hybridized carbons (Fsp3) is 0.0714. The Kier molecular flexibility index (Phi) is 3.29. The predicted octanol–water partition coefficient (Wildman–Crippen LogP) is 3.89. The van der Waals surface area contributed by atoms with Gasteiger partial charge in [0.05, 0.1) is 5.56 Å². The van der Waals surface area contributed by atoms with Gasteiger partial charge < -0.3 is 5.11 Å². The molecule has 0 unspecified atom stereocenters. The van der Waals surface area contributed by atoms with Crippen LogP contribution in [0.2, 0.25) is 0 Å². The lowest BCUT2D eigenvalue weighted by atomic mass is 10.0. The summed E-state index contributed by atoms with van der Waals surface area (Å²) in [6, 6.07) is 8.56. The van der Waals surface area contributed by atoms with E-state index >= 15 is 0 Å². The van der Waals surface area contributed by atoms with Crippen LogP contribution in [0.25, 0.3) is 11.1 Å². The first-order chi connectivity index (χ1) is 8.91. The van der Waals surface area contributed by atoms with E-state index in [-0.39, 0.29) is 5.75 Å². The molecular formula is C14H9F3O2. The zero-order valence-corrected chi connectivity index (χ0v) is 9.61. The van der Waals surface area contributed by atoms with Gasteiger partial charge in [-0.3, -0.25) is 4.79 Å². The van der Waals surface area contributed by atoms with Gasteiger partial charge in [-0.1, -0.05) is 12.1 Å². The average molecular weight is 266 g/mol. The van der Waals surface area contributed by atoms with E-state index in [0.717, 1.165) is 12.1 Å². The number of alkyl halides is 3. The van der Waals surface area contributed by atoms with Crippen molar-refractivity contribution in [3.8, 4) is 16.9 Å². The lowest BCUT2D eigenvalue weighted by Crippen LogP contribution is -2.04. The van der Waals surface area contributed by atoms with Crippen molar-refractivity contribution in [3.63, 3.8) is 0 Å². The van der Waals surface area contributed by atoms with Crippen molar-refractivity contribution in [1.82, 2.24) is 0 Å². The summed E-state index contributed by atoms with van der Waals surface area (Å²) in [7, 11) is 0. The number of halogens is 3. The van der Waals surface area contributed by atoms with Crippen molar-refractivity contribution in [1.29, 1.82) is 0 Å². The Morgan fingerprint density at radius 2 is 1.63 bits per heavy atom. The number of hydrogen-bond acceptors (Lipinski definition) is 2. The summed E-state index contributed by atoms with van der Waals surface area (Å²) in [5.74, 6) is -0.0923. The van der Waals surface area contributed by atoms with Gasteiger partial charge in [0, 0.05) is 11.1 Å². The second-order valence-electron chi connectivity index (χ2n) is 3.97. The number of phenols is 1. The molecule has 0 aromatic heterocycles. The van der Waals surface area contributed by atoms with Gasteiger partial charge in [-0.15, -0.1) is 0 Å². The summed E-state index contributed by atoms with van der Waals surface area (Å²) in [6.07, 6.45) is -3.79. The van der Waals surface area contributed by atoms with E-state index in [9.17, 15) is 23.1 Å². The van der Waals surface area contributed by atoms with Crippen molar-refractivity contribution < 1.29 is 23.1 Å². The molecule has 0 fully saturated rings. The van der Waals surface area contributed by atoms with Crippen LogP contribution in [0.4, 0.5) is 13.2 Å². The lowest BCUT2D eigenvalue weighted by Gasteiger charge is -2.09. The van der Waals surface area contributed by atoms with Crippen molar-refractivity contribution in [2.24, 2.45) is 0 Å². The maximum Gasteiger partial charge on any atom is 0.416 e.